The van der Waals surface area contributed by atoms with E-state index in [9.17, 15) is 0 Å². The Bertz CT molecular complexity index is 449. The molecule has 0 bridgehead atoms. The van der Waals surface area contributed by atoms with Crippen LogP contribution in [0.5, 0.6) is 5.75 Å². The Kier molecular flexibility index (Phi) is 8.08. The fourth-order valence-corrected chi connectivity index (χ4v) is 2.28. The Morgan fingerprint density at radius 2 is 1.95 bits per heavy atom. The molecule has 4 nitrogen and oxygen atoms in total. The molecule has 0 fully saturated rings. The van der Waals surface area contributed by atoms with E-state index in [1.807, 2.05) is 6.07 Å². The van der Waals surface area contributed by atoms with Gasteiger partial charge in [0.1, 0.15) is 5.75 Å². The van der Waals surface area contributed by atoms with Crippen LogP contribution in [0.15, 0.2) is 18.2 Å². The van der Waals surface area contributed by atoms with Crippen LogP contribution >= 0.6 is 12.2 Å². The summed E-state index contributed by atoms with van der Waals surface area (Å²) in [6.45, 7) is 4.86. The fourth-order valence-electron chi connectivity index (χ4n) is 2.07. The van der Waals surface area contributed by atoms with Crippen LogP contribution in [0.1, 0.15) is 17.5 Å². The standard InChI is InChI=1S/C16H27N3OS/c1-13-6-7-15(20-4)14(12-13)8-10-18-16(21)17-9-5-11-19(2)3/h6-7,12H,5,8-11H2,1-4H3,(H2,17,18,21). The predicted molar refractivity (Wildman–Crippen MR) is 93.2 cm³/mol. The molecular formula is C16H27N3OS. The SMILES string of the molecule is COc1ccc(C)cc1CCNC(=S)NCCCN(C)C. The predicted octanol–water partition coefficient (Wildman–Crippen LogP) is 1.96. The van der Waals surface area contributed by atoms with Crippen LogP contribution in [0.4, 0.5) is 0 Å². The highest BCUT2D eigenvalue weighted by atomic mass is 32.1. The smallest absolute Gasteiger partial charge is 0.166 e. The normalized spacial score (nSPS) is 10.5. The minimum absolute atomic E-state index is 0.723. The molecule has 118 valence electrons. The molecule has 5 heteroatoms. The Labute approximate surface area is 133 Å². The van der Waals surface area contributed by atoms with Crippen LogP contribution in [-0.2, 0) is 6.42 Å². The molecule has 2 N–H and O–H groups in total. The first-order valence-corrected chi connectivity index (χ1v) is 7.73. The molecule has 0 unspecified atom stereocenters. The maximum Gasteiger partial charge on any atom is 0.166 e. The van der Waals surface area contributed by atoms with Crippen molar-refractivity contribution in [3.8, 4) is 5.75 Å². The van der Waals surface area contributed by atoms with Gasteiger partial charge in [0.05, 0.1) is 7.11 Å². The Hall–Kier alpha value is -1.33. The lowest BCUT2D eigenvalue weighted by molar-refractivity contribution is 0.400. The van der Waals surface area contributed by atoms with E-state index >= 15 is 0 Å². The first kappa shape index (κ1) is 17.7. The summed E-state index contributed by atoms with van der Waals surface area (Å²) in [5, 5.41) is 7.19. The van der Waals surface area contributed by atoms with E-state index in [0.29, 0.717) is 0 Å². The lowest BCUT2D eigenvalue weighted by Crippen LogP contribution is -2.37. The first-order chi connectivity index (χ1) is 10.0. The number of rotatable bonds is 8. The number of benzene rings is 1. The van der Waals surface area contributed by atoms with Gasteiger partial charge in [-0.15, -0.1) is 0 Å². The number of aryl methyl sites for hydroxylation is 1. The van der Waals surface area contributed by atoms with Gasteiger partial charge < -0.3 is 20.3 Å². The van der Waals surface area contributed by atoms with Crippen molar-refractivity contribution in [1.29, 1.82) is 0 Å². The second kappa shape index (κ2) is 9.58. The lowest BCUT2D eigenvalue weighted by Gasteiger charge is -2.13. The van der Waals surface area contributed by atoms with E-state index in [4.69, 9.17) is 17.0 Å². The zero-order chi connectivity index (χ0) is 15.7. The molecule has 0 aliphatic rings. The van der Waals surface area contributed by atoms with E-state index in [0.717, 1.165) is 43.3 Å². The van der Waals surface area contributed by atoms with Crippen molar-refractivity contribution in [3.63, 3.8) is 0 Å². The van der Waals surface area contributed by atoms with Gasteiger partial charge >= 0.3 is 0 Å². The van der Waals surface area contributed by atoms with Crippen molar-refractivity contribution < 1.29 is 4.74 Å². The summed E-state index contributed by atoms with van der Waals surface area (Å²) in [6.07, 6.45) is 1.98. The second-order valence-corrected chi connectivity index (χ2v) is 5.81. The number of ether oxygens (including phenoxy) is 1. The van der Waals surface area contributed by atoms with Crippen LogP contribution in [-0.4, -0.2) is 50.9 Å². The molecule has 1 aromatic rings. The highest BCUT2D eigenvalue weighted by molar-refractivity contribution is 7.80. The second-order valence-electron chi connectivity index (χ2n) is 5.40. The fraction of sp³-hybridized carbons (Fsp3) is 0.562. The maximum atomic E-state index is 5.38. The van der Waals surface area contributed by atoms with E-state index < -0.39 is 0 Å². The molecular weight excluding hydrogens is 282 g/mol. The van der Waals surface area contributed by atoms with Crippen molar-refractivity contribution in [1.82, 2.24) is 15.5 Å². The van der Waals surface area contributed by atoms with Gasteiger partial charge in [0.25, 0.3) is 0 Å². The van der Waals surface area contributed by atoms with Crippen LogP contribution in [0, 0.1) is 6.92 Å². The van der Waals surface area contributed by atoms with Crippen LogP contribution in [0.3, 0.4) is 0 Å². The monoisotopic (exact) mass is 309 g/mol. The summed E-state index contributed by atoms with van der Waals surface area (Å²) in [4.78, 5) is 2.17. The summed E-state index contributed by atoms with van der Waals surface area (Å²) >= 11 is 5.27. The van der Waals surface area contributed by atoms with Crippen molar-refractivity contribution in [3.05, 3.63) is 29.3 Å². The molecule has 0 aliphatic carbocycles. The molecule has 0 spiro atoms. The molecule has 0 atom stereocenters. The Morgan fingerprint density at radius 3 is 2.62 bits per heavy atom. The summed E-state index contributed by atoms with van der Waals surface area (Å²) in [6, 6.07) is 6.24. The number of methoxy groups -OCH3 is 1. The minimum atomic E-state index is 0.723. The van der Waals surface area contributed by atoms with Gasteiger partial charge in [-0.3, -0.25) is 0 Å². The molecule has 0 saturated heterocycles. The number of nitrogens with zero attached hydrogens (tertiary/aromatic N) is 1. The third kappa shape index (κ3) is 7.29. The molecule has 0 saturated carbocycles. The largest absolute Gasteiger partial charge is 0.496 e. The topological polar surface area (TPSA) is 36.5 Å². The van der Waals surface area contributed by atoms with Crippen LogP contribution in [0.2, 0.25) is 0 Å². The molecule has 0 amide bonds. The molecule has 1 rings (SSSR count). The van der Waals surface area contributed by atoms with Crippen LogP contribution < -0.4 is 15.4 Å². The number of nitrogens with one attached hydrogen (secondary N) is 2. The average molecular weight is 309 g/mol. The summed E-state index contributed by atoms with van der Waals surface area (Å²) in [5.41, 5.74) is 2.45. The van der Waals surface area contributed by atoms with Gasteiger partial charge in [-0.25, -0.2) is 0 Å². The molecule has 0 aromatic heterocycles. The first-order valence-electron chi connectivity index (χ1n) is 7.33. The Balaban J connectivity index is 2.27. The van der Waals surface area contributed by atoms with Gasteiger partial charge in [0, 0.05) is 13.1 Å². The Morgan fingerprint density at radius 1 is 1.24 bits per heavy atom. The van der Waals surface area contributed by atoms with Gasteiger partial charge in [0.15, 0.2) is 5.11 Å². The van der Waals surface area contributed by atoms with E-state index in [2.05, 4.69) is 48.7 Å². The van der Waals surface area contributed by atoms with E-state index in [1.54, 1.807) is 7.11 Å². The van der Waals surface area contributed by atoms with Gasteiger partial charge in [-0.1, -0.05) is 17.7 Å². The van der Waals surface area contributed by atoms with Gasteiger partial charge in [-0.2, -0.15) is 0 Å². The van der Waals surface area contributed by atoms with Crippen molar-refractivity contribution in [2.75, 3.05) is 40.8 Å². The highest BCUT2D eigenvalue weighted by Crippen LogP contribution is 2.19. The van der Waals surface area contributed by atoms with Crippen LogP contribution in [0.25, 0.3) is 0 Å². The zero-order valence-electron chi connectivity index (χ0n) is 13.5. The quantitative estimate of drug-likeness (QED) is 0.567. The summed E-state index contributed by atoms with van der Waals surface area (Å²) in [5.74, 6) is 0.937. The number of hydrogen-bond acceptors (Lipinski definition) is 3. The third-order valence-corrected chi connectivity index (χ3v) is 3.47. The third-order valence-electron chi connectivity index (χ3n) is 3.18. The minimum Gasteiger partial charge on any atom is -0.496 e. The lowest BCUT2D eigenvalue weighted by atomic mass is 10.1. The summed E-state index contributed by atoms with van der Waals surface area (Å²) < 4.78 is 5.38. The number of hydrogen-bond donors (Lipinski definition) is 2. The van der Waals surface area contributed by atoms with E-state index in [1.165, 1.54) is 11.1 Å². The van der Waals surface area contributed by atoms with Gasteiger partial charge in [0.2, 0.25) is 0 Å². The maximum absolute atomic E-state index is 5.38. The van der Waals surface area contributed by atoms with E-state index in [-0.39, 0.29) is 0 Å². The van der Waals surface area contributed by atoms with Gasteiger partial charge in [-0.05, 0) is 64.3 Å². The summed E-state index contributed by atoms with van der Waals surface area (Å²) in [7, 11) is 5.86. The van der Waals surface area contributed by atoms with Crippen molar-refractivity contribution in [2.45, 2.75) is 19.8 Å². The van der Waals surface area contributed by atoms with Crippen molar-refractivity contribution >= 4 is 17.3 Å². The molecule has 0 heterocycles. The molecule has 1 aromatic carbocycles. The molecule has 0 aliphatic heterocycles. The molecule has 21 heavy (non-hydrogen) atoms. The number of thiocarbonyl (C=S) groups is 1. The highest BCUT2D eigenvalue weighted by Gasteiger charge is 2.03. The van der Waals surface area contributed by atoms with Crippen molar-refractivity contribution in [2.24, 2.45) is 0 Å². The molecule has 0 radical (unpaired) electrons. The zero-order valence-corrected chi connectivity index (χ0v) is 14.3. The average Bonchev–Trinajstić information content (AvgIpc) is 2.44.